The quantitative estimate of drug-likeness (QED) is 0.358. The van der Waals surface area contributed by atoms with Crippen molar-refractivity contribution in [3.05, 3.63) is 0 Å². The summed E-state index contributed by atoms with van der Waals surface area (Å²) in [5.41, 5.74) is 5.00. The number of nitrogens with two attached hydrogens (primary N) is 1. The predicted octanol–water partition coefficient (Wildman–Crippen LogP) is -2.02. The molecule has 4 N–H and O–H groups in total. The third-order valence-corrected chi connectivity index (χ3v) is 0.701. The summed E-state index contributed by atoms with van der Waals surface area (Å²) in [6.45, 7) is -0.368. The second-order valence-electron chi connectivity index (χ2n) is 2.05. The molecule has 0 saturated carbocycles. The van der Waals surface area contributed by atoms with E-state index in [0.717, 1.165) is 0 Å². The van der Waals surface area contributed by atoms with Gasteiger partial charge in [0.2, 0.25) is 0 Å². The Kier molecular flexibility index (Phi) is 7.72. The van der Waals surface area contributed by atoms with Crippen LogP contribution in [0.3, 0.4) is 0 Å². The Hall–Kier alpha value is -0.700. The molecule has 0 aliphatic carbocycles. The maximum Gasteiger partial charge on any atom is 0.325 e. The number of hydrogen-bond donors (Lipinski definition) is 3. The van der Waals surface area contributed by atoms with Gasteiger partial charge in [0.05, 0.1) is 20.0 Å². The van der Waals surface area contributed by atoms with Crippen molar-refractivity contribution >= 4 is 16.1 Å². The molecule has 1 unspecified atom stereocenters. The average Bonchev–Trinajstić information content (AvgIpc) is 1.98. The Bertz CT molecular complexity index is 227. The number of aliphatic hydroxyl groups excluding tert-OH is 1. The summed E-state index contributed by atoms with van der Waals surface area (Å²) in [5, 5.41) is 8.21. The van der Waals surface area contributed by atoms with Crippen molar-refractivity contribution in [3.63, 3.8) is 0 Å². The van der Waals surface area contributed by atoms with Crippen LogP contribution in [0, 0.1) is 0 Å². The molecule has 1 atom stereocenters. The van der Waals surface area contributed by atoms with Crippen LogP contribution in [-0.2, 0) is 19.6 Å². The summed E-state index contributed by atoms with van der Waals surface area (Å²) in [6, 6.07) is -0.889. The molecular formula is C5H13NO6S. The van der Waals surface area contributed by atoms with Crippen LogP contribution in [0.2, 0.25) is 0 Å². The van der Waals surface area contributed by atoms with Crippen LogP contribution in [0.5, 0.6) is 0 Å². The third-order valence-electron chi connectivity index (χ3n) is 0.701. The molecule has 0 amide bonds. The fraction of sp³-hybridized carbons (Fsp3) is 0.800. The molecule has 0 heterocycles. The van der Waals surface area contributed by atoms with Gasteiger partial charge in [0.25, 0.3) is 10.1 Å². The van der Waals surface area contributed by atoms with Crippen LogP contribution < -0.4 is 5.73 Å². The summed E-state index contributed by atoms with van der Waals surface area (Å²) in [5.74, 6) is -0.590. The van der Waals surface area contributed by atoms with Crippen molar-refractivity contribution < 1.29 is 27.6 Å². The van der Waals surface area contributed by atoms with Gasteiger partial charge >= 0.3 is 5.97 Å². The van der Waals surface area contributed by atoms with E-state index in [4.69, 9.17) is 15.4 Å². The molecule has 0 fully saturated rings. The topological polar surface area (TPSA) is 127 Å². The molecule has 0 spiro atoms. The van der Waals surface area contributed by atoms with Gasteiger partial charge in [-0.15, -0.1) is 0 Å². The van der Waals surface area contributed by atoms with E-state index in [0.29, 0.717) is 6.26 Å². The van der Waals surface area contributed by atoms with Crippen molar-refractivity contribution in [2.45, 2.75) is 6.04 Å². The fourth-order valence-corrected chi connectivity index (χ4v) is 0.226. The van der Waals surface area contributed by atoms with Crippen molar-refractivity contribution in [1.29, 1.82) is 0 Å². The van der Waals surface area contributed by atoms with E-state index in [1.165, 1.54) is 7.11 Å². The molecule has 7 nitrogen and oxygen atoms in total. The Labute approximate surface area is 76.2 Å². The molecule has 0 radical (unpaired) electrons. The number of methoxy groups -OCH3 is 1. The first-order valence-corrected chi connectivity index (χ1v) is 4.94. The van der Waals surface area contributed by atoms with Gasteiger partial charge in [-0.25, -0.2) is 0 Å². The lowest BCUT2D eigenvalue weighted by atomic mass is 10.3. The standard InChI is InChI=1S/C4H9NO3.CH4O3S/c1-8-4(7)3(5)2-6;1-5(2,3)4/h3,6H,2,5H2,1H3;1H3,(H,2,3,4). The normalized spacial score (nSPS) is 12.4. The number of rotatable bonds is 2. The van der Waals surface area contributed by atoms with Gasteiger partial charge in [-0.2, -0.15) is 8.42 Å². The van der Waals surface area contributed by atoms with E-state index >= 15 is 0 Å². The SMILES string of the molecule is COC(=O)C(N)CO.CS(=O)(=O)O. The van der Waals surface area contributed by atoms with Gasteiger partial charge in [-0.1, -0.05) is 0 Å². The first kappa shape index (κ1) is 14.8. The minimum absolute atomic E-state index is 0.368. The molecule has 0 aromatic rings. The Morgan fingerprint density at radius 3 is 2.00 bits per heavy atom. The fourth-order valence-electron chi connectivity index (χ4n) is 0.226. The highest BCUT2D eigenvalue weighted by Crippen LogP contribution is 1.78. The van der Waals surface area contributed by atoms with Gasteiger partial charge < -0.3 is 15.6 Å². The Morgan fingerprint density at radius 1 is 1.62 bits per heavy atom. The van der Waals surface area contributed by atoms with Crippen molar-refractivity contribution in [1.82, 2.24) is 0 Å². The molecule has 0 aliphatic heterocycles. The molecule has 0 saturated heterocycles. The zero-order chi connectivity index (χ0) is 11.1. The zero-order valence-corrected chi connectivity index (χ0v) is 8.11. The van der Waals surface area contributed by atoms with E-state index in [1.807, 2.05) is 0 Å². The molecule has 0 aromatic heterocycles. The monoisotopic (exact) mass is 215 g/mol. The Balaban J connectivity index is 0. The average molecular weight is 215 g/mol. The van der Waals surface area contributed by atoms with Gasteiger partial charge in [0, 0.05) is 0 Å². The molecule has 0 bridgehead atoms. The lowest BCUT2D eigenvalue weighted by molar-refractivity contribution is -0.143. The molecule has 0 aliphatic rings. The highest BCUT2D eigenvalue weighted by molar-refractivity contribution is 7.85. The molecular weight excluding hydrogens is 202 g/mol. The smallest absolute Gasteiger partial charge is 0.325 e. The van der Waals surface area contributed by atoms with E-state index in [-0.39, 0.29) is 6.61 Å². The number of carbonyl (C=O) groups is 1. The van der Waals surface area contributed by atoms with E-state index in [2.05, 4.69) is 4.74 Å². The highest BCUT2D eigenvalue weighted by atomic mass is 32.2. The lowest BCUT2D eigenvalue weighted by Crippen LogP contribution is -2.34. The van der Waals surface area contributed by atoms with Crippen LogP contribution in [0.4, 0.5) is 0 Å². The van der Waals surface area contributed by atoms with Crippen molar-refractivity contribution in [3.8, 4) is 0 Å². The maximum absolute atomic E-state index is 10.2. The van der Waals surface area contributed by atoms with Crippen LogP contribution in [-0.4, -0.2) is 50.1 Å². The van der Waals surface area contributed by atoms with Crippen molar-refractivity contribution in [2.24, 2.45) is 5.73 Å². The number of hydrogen-bond acceptors (Lipinski definition) is 6. The summed E-state index contributed by atoms with van der Waals surface area (Å²) < 4.78 is 30.0. The Morgan fingerprint density at radius 2 is 1.92 bits per heavy atom. The van der Waals surface area contributed by atoms with Crippen LogP contribution >= 0.6 is 0 Å². The van der Waals surface area contributed by atoms with E-state index in [1.54, 1.807) is 0 Å². The van der Waals surface area contributed by atoms with Gasteiger partial charge in [-0.05, 0) is 0 Å². The summed E-state index contributed by atoms with van der Waals surface area (Å²) in [7, 11) is -2.45. The number of ether oxygens (including phenoxy) is 1. The number of esters is 1. The minimum Gasteiger partial charge on any atom is -0.468 e. The van der Waals surface area contributed by atoms with Crippen LogP contribution in [0.1, 0.15) is 0 Å². The van der Waals surface area contributed by atoms with Crippen LogP contribution in [0.15, 0.2) is 0 Å². The number of carbonyl (C=O) groups excluding carboxylic acids is 1. The predicted molar refractivity (Wildman–Crippen MR) is 44.5 cm³/mol. The minimum atomic E-state index is -3.67. The van der Waals surface area contributed by atoms with Gasteiger partial charge in [0.15, 0.2) is 0 Å². The first-order chi connectivity index (χ1) is 5.72. The first-order valence-electron chi connectivity index (χ1n) is 3.09. The molecule has 0 aromatic carbocycles. The van der Waals surface area contributed by atoms with E-state index in [9.17, 15) is 13.2 Å². The molecule has 80 valence electrons. The largest absolute Gasteiger partial charge is 0.468 e. The summed E-state index contributed by atoms with van der Waals surface area (Å²) in [4.78, 5) is 10.2. The summed E-state index contributed by atoms with van der Waals surface area (Å²) in [6.07, 6.45) is 0.715. The van der Waals surface area contributed by atoms with Gasteiger partial charge in [-0.3, -0.25) is 9.35 Å². The molecule has 0 rings (SSSR count). The zero-order valence-electron chi connectivity index (χ0n) is 7.30. The highest BCUT2D eigenvalue weighted by Gasteiger charge is 2.10. The second kappa shape index (κ2) is 6.78. The van der Waals surface area contributed by atoms with Crippen LogP contribution in [0.25, 0.3) is 0 Å². The molecule has 13 heavy (non-hydrogen) atoms. The third kappa shape index (κ3) is 18.3. The number of aliphatic hydroxyl groups is 1. The van der Waals surface area contributed by atoms with Gasteiger partial charge in [0.1, 0.15) is 6.04 Å². The van der Waals surface area contributed by atoms with Crippen molar-refractivity contribution in [2.75, 3.05) is 20.0 Å². The maximum atomic E-state index is 10.2. The summed E-state index contributed by atoms with van der Waals surface area (Å²) >= 11 is 0. The van der Waals surface area contributed by atoms with E-state index < -0.39 is 22.1 Å². The lowest BCUT2D eigenvalue weighted by Gasteiger charge is -2.02. The molecule has 8 heteroatoms. The second-order valence-corrected chi connectivity index (χ2v) is 3.51.